The van der Waals surface area contributed by atoms with Gasteiger partial charge in [0, 0.05) is 24.3 Å². The molecule has 0 bridgehead atoms. The molecule has 1 aliphatic carbocycles. The van der Waals surface area contributed by atoms with Crippen LogP contribution in [0.15, 0.2) is 18.2 Å². The van der Waals surface area contributed by atoms with Crippen LogP contribution in [-0.2, 0) is 6.54 Å². The van der Waals surface area contributed by atoms with Gasteiger partial charge in [-0.15, -0.1) is 0 Å². The fourth-order valence-electron chi connectivity index (χ4n) is 2.61. The number of aryl methyl sites for hydroxylation is 1. The van der Waals surface area contributed by atoms with Gasteiger partial charge in [0.2, 0.25) is 0 Å². The molecule has 0 spiro atoms. The molecule has 20 heavy (non-hydrogen) atoms. The second kappa shape index (κ2) is 7.19. The molecular weight excluding hydrogens is 246 g/mol. The number of aromatic nitrogens is 1. The second-order valence-corrected chi connectivity index (χ2v) is 6.23. The van der Waals surface area contributed by atoms with Crippen molar-refractivity contribution < 1.29 is 0 Å². The third-order valence-corrected chi connectivity index (χ3v) is 4.42. The van der Waals surface area contributed by atoms with E-state index < -0.39 is 0 Å². The van der Waals surface area contributed by atoms with Crippen LogP contribution in [0.3, 0.4) is 0 Å². The zero-order chi connectivity index (χ0) is 14.5. The van der Waals surface area contributed by atoms with E-state index in [1.54, 1.807) is 0 Å². The Morgan fingerprint density at radius 1 is 1.35 bits per heavy atom. The van der Waals surface area contributed by atoms with Crippen LogP contribution in [0.1, 0.15) is 45.0 Å². The maximum atomic E-state index is 4.63. The van der Waals surface area contributed by atoms with Crippen LogP contribution in [0.5, 0.6) is 0 Å². The van der Waals surface area contributed by atoms with Crippen LogP contribution in [-0.4, -0.2) is 35.1 Å². The van der Waals surface area contributed by atoms with E-state index in [1.165, 1.54) is 18.5 Å². The van der Waals surface area contributed by atoms with Crippen molar-refractivity contribution >= 4 is 0 Å². The van der Waals surface area contributed by atoms with Gasteiger partial charge in [0.25, 0.3) is 0 Å². The number of hydrogen-bond acceptors (Lipinski definition) is 3. The van der Waals surface area contributed by atoms with Gasteiger partial charge < -0.3 is 5.32 Å². The van der Waals surface area contributed by atoms with Crippen LogP contribution in [0.2, 0.25) is 0 Å². The molecule has 0 aromatic carbocycles. The molecule has 1 aliphatic rings. The van der Waals surface area contributed by atoms with Crippen molar-refractivity contribution in [2.45, 2.75) is 59.2 Å². The molecule has 3 nitrogen and oxygen atoms in total. The largest absolute Gasteiger partial charge is 0.314 e. The van der Waals surface area contributed by atoms with Gasteiger partial charge in [0.05, 0.1) is 5.69 Å². The molecule has 0 aliphatic heterocycles. The molecule has 1 N–H and O–H groups in total. The minimum absolute atomic E-state index is 0.577. The van der Waals surface area contributed by atoms with Crippen molar-refractivity contribution in [3.05, 3.63) is 29.6 Å². The molecule has 2 atom stereocenters. The molecule has 1 heterocycles. The highest BCUT2D eigenvalue weighted by Gasteiger charge is 2.24. The van der Waals surface area contributed by atoms with E-state index in [4.69, 9.17) is 0 Å². The van der Waals surface area contributed by atoms with Gasteiger partial charge >= 0.3 is 0 Å². The van der Waals surface area contributed by atoms with Crippen LogP contribution in [0, 0.1) is 12.8 Å². The lowest BCUT2D eigenvalue weighted by molar-refractivity contribution is 0.157. The summed E-state index contributed by atoms with van der Waals surface area (Å²) < 4.78 is 0. The molecule has 0 amide bonds. The summed E-state index contributed by atoms with van der Waals surface area (Å²) in [6, 6.07) is 7.68. The lowest BCUT2D eigenvalue weighted by atomic mass is 10.0. The summed E-state index contributed by atoms with van der Waals surface area (Å²) in [5, 5.41) is 3.65. The first kappa shape index (κ1) is 15.5. The first-order chi connectivity index (χ1) is 9.60. The monoisotopic (exact) mass is 275 g/mol. The predicted octanol–water partition coefficient (Wildman–Crippen LogP) is 2.99. The lowest BCUT2D eigenvalue weighted by Gasteiger charge is -2.32. The van der Waals surface area contributed by atoms with Gasteiger partial charge in [-0.3, -0.25) is 9.88 Å². The summed E-state index contributed by atoms with van der Waals surface area (Å²) in [5.41, 5.74) is 2.29. The highest BCUT2D eigenvalue weighted by molar-refractivity contribution is 5.10. The number of hydrogen-bond donors (Lipinski definition) is 1. The number of rotatable bonds is 8. The van der Waals surface area contributed by atoms with Crippen molar-refractivity contribution in [3.8, 4) is 0 Å². The van der Waals surface area contributed by atoms with Crippen molar-refractivity contribution in [2.75, 3.05) is 13.1 Å². The molecule has 2 unspecified atom stereocenters. The Morgan fingerprint density at radius 3 is 2.70 bits per heavy atom. The van der Waals surface area contributed by atoms with Crippen molar-refractivity contribution in [1.82, 2.24) is 15.2 Å². The number of nitrogens with one attached hydrogen (secondary N) is 1. The first-order valence-electron chi connectivity index (χ1n) is 8.00. The van der Waals surface area contributed by atoms with Gasteiger partial charge in [-0.1, -0.05) is 19.9 Å². The topological polar surface area (TPSA) is 28.2 Å². The predicted molar refractivity (Wildman–Crippen MR) is 84.7 cm³/mol. The molecule has 1 aromatic heterocycles. The molecule has 112 valence electrons. The lowest BCUT2D eigenvalue weighted by Crippen LogP contribution is -2.41. The SMILES string of the molecule is CCN(Cc1cccc(C)n1)C(C)C(C)CNC1CC1. The Balaban J connectivity index is 1.88. The molecule has 3 heteroatoms. The maximum absolute atomic E-state index is 4.63. The summed E-state index contributed by atoms with van der Waals surface area (Å²) in [5.74, 6) is 0.667. The van der Waals surface area contributed by atoms with Crippen molar-refractivity contribution in [1.29, 1.82) is 0 Å². The van der Waals surface area contributed by atoms with E-state index >= 15 is 0 Å². The summed E-state index contributed by atoms with van der Waals surface area (Å²) in [7, 11) is 0. The normalized spacial score (nSPS) is 18.2. The second-order valence-electron chi connectivity index (χ2n) is 6.23. The fourth-order valence-corrected chi connectivity index (χ4v) is 2.61. The van der Waals surface area contributed by atoms with E-state index in [1.807, 2.05) is 0 Å². The van der Waals surface area contributed by atoms with Gasteiger partial charge in [-0.05, 0) is 57.8 Å². The van der Waals surface area contributed by atoms with Crippen molar-refractivity contribution in [2.24, 2.45) is 5.92 Å². The average Bonchev–Trinajstić information content (AvgIpc) is 3.25. The molecule has 0 radical (unpaired) electrons. The Kier molecular flexibility index (Phi) is 5.55. The minimum Gasteiger partial charge on any atom is -0.314 e. The van der Waals surface area contributed by atoms with E-state index in [0.29, 0.717) is 12.0 Å². The molecule has 0 saturated heterocycles. The first-order valence-corrected chi connectivity index (χ1v) is 8.00. The fraction of sp³-hybridized carbons (Fsp3) is 0.706. The number of nitrogens with zero attached hydrogens (tertiary/aromatic N) is 2. The molecule has 1 saturated carbocycles. The zero-order valence-corrected chi connectivity index (χ0v) is 13.4. The van der Waals surface area contributed by atoms with Crippen LogP contribution < -0.4 is 5.32 Å². The standard InChI is InChI=1S/C17H29N3/c1-5-20(12-17-8-6-7-14(3)19-17)15(4)13(2)11-18-16-9-10-16/h6-8,13,15-16,18H,5,9-12H2,1-4H3. The molecule has 1 aromatic rings. The zero-order valence-electron chi connectivity index (χ0n) is 13.4. The van der Waals surface area contributed by atoms with Gasteiger partial charge in [-0.2, -0.15) is 0 Å². The highest BCUT2D eigenvalue weighted by Crippen LogP contribution is 2.20. The third kappa shape index (κ3) is 4.57. The smallest absolute Gasteiger partial charge is 0.0547 e. The maximum Gasteiger partial charge on any atom is 0.0547 e. The Morgan fingerprint density at radius 2 is 2.10 bits per heavy atom. The molecule has 2 rings (SSSR count). The average molecular weight is 275 g/mol. The van der Waals surface area contributed by atoms with E-state index in [9.17, 15) is 0 Å². The number of pyridine rings is 1. The Hall–Kier alpha value is -0.930. The van der Waals surface area contributed by atoms with Gasteiger partial charge in [0.15, 0.2) is 0 Å². The van der Waals surface area contributed by atoms with Crippen LogP contribution in [0.25, 0.3) is 0 Å². The summed E-state index contributed by atoms with van der Waals surface area (Å²) >= 11 is 0. The molecular formula is C17H29N3. The Bertz CT molecular complexity index is 414. The summed E-state index contributed by atoms with van der Waals surface area (Å²) in [6.45, 7) is 12.2. The van der Waals surface area contributed by atoms with E-state index in [2.05, 4.69) is 61.1 Å². The van der Waals surface area contributed by atoms with Crippen LogP contribution in [0.4, 0.5) is 0 Å². The van der Waals surface area contributed by atoms with E-state index in [-0.39, 0.29) is 0 Å². The third-order valence-electron chi connectivity index (χ3n) is 4.42. The van der Waals surface area contributed by atoms with E-state index in [0.717, 1.165) is 31.4 Å². The molecule has 1 fully saturated rings. The van der Waals surface area contributed by atoms with Crippen molar-refractivity contribution in [3.63, 3.8) is 0 Å². The Labute approximate surface area is 123 Å². The minimum atomic E-state index is 0.577. The summed E-state index contributed by atoms with van der Waals surface area (Å²) in [4.78, 5) is 7.16. The quantitative estimate of drug-likeness (QED) is 0.790. The van der Waals surface area contributed by atoms with Gasteiger partial charge in [0.1, 0.15) is 0 Å². The van der Waals surface area contributed by atoms with Gasteiger partial charge in [-0.25, -0.2) is 0 Å². The van der Waals surface area contributed by atoms with Crippen LogP contribution >= 0.6 is 0 Å². The summed E-state index contributed by atoms with van der Waals surface area (Å²) in [6.07, 6.45) is 2.73. The highest BCUT2D eigenvalue weighted by atomic mass is 15.2.